The van der Waals surface area contributed by atoms with Gasteiger partial charge < -0.3 is 14.2 Å². The highest BCUT2D eigenvalue weighted by atomic mass is 79.9. The lowest BCUT2D eigenvalue weighted by atomic mass is 10.2. The molecule has 1 aromatic rings. The second kappa shape index (κ2) is 9.24. The lowest BCUT2D eigenvalue weighted by Crippen LogP contribution is -2.14. The molecule has 0 atom stereocenters. The Kier molecular flexibility index (Phi) is 8.37. The van der Waals surface area contributed by atoms with E-state index < -0.39 is 18.4 Å². The summed E-state index contributed by atoms with van der Waals surface area (Å²) in [6, 6.07) is 0. The minimum absolute atomic E-state index is 0.0133. The van der Waals surface area contributed by atoms with Crippen LogP contribution in [0.2, 0.25) is 0 Å². The molecule has 9 heteroatoms. The molecule has 0 radical (unpaired) electrons. The fourth-order valence-corrected chi connectivity index (χ4v) is 4.21. The zero-order valence-electron chi connectivity index (χ0n) is 11.7. The first-order valence-electron chi connectivity index (χ1n) is 6.03. The van der Waals surface area contributed by atoms with Gasteiger partial charge in [-0.3, -0.25) is 9.59 Å². The molecule has 122 valence electrons. The van der Waals surface area contributed by atoms with Crippen LogP contribution in [-0.4, -0.2) is 25.7 Å². The topological polar surface area (TPSA) is 61.8 Å². The molecule has 0 fully saturated rings. The van der Waals surface area contributed by atoms with Crippen molar-refractivity contribution in [2.45, 2.75) is 20.0 Å². The summed E-state index contributed by atoms with van der Waals surface area (Å²) < 4.78 is 17.8. The van der Waals surface area contributed by atoms with Crippen molar-refractivity contribution in [2.24, 2.45) is 0 Å². The number of methoxy groups -OCH3 is 1. The van der Waals surface area contributed by atoms with Gasteiger partial charge >= 0.3 is 11.9 Å². The first kappa shape index (κ1) is 19.9. The molecule has 0 spiro atoms. The Balaban J connectivity index is 2.87. The molecule has 0 saturated heterocycles. The van der Waals surface area contributed by atoms with E-state index in [1.165, 1.54) is 0 Å². The van der Waals surface area contributed by atoms with Crippen molar-refractivity contribution in [3.8, 4) is 5.75 Å². The maximum Gasteiger partial charge on any atom is 0.317 e. The molecule has 0 unspecified atom stereocenters. The standard InChI is InChI=1S/C13H12Br4O5/c1-3-21-7(18)4-8(19)22-5-6-9(14)11(16)13(20-2)12(17)10(6)15/h3-5H2,1-2H3. The van der Waals surface area contributed by atoms with Crippen LogP contribution in [0.1, 0.15) is 18.9 Å². The summed E-state index contributed by atoms with van der Waals surface area (Å²) in [5.74, 6) is -0.664. The van der Waals surface area contributed by atoms with Crippen molar-refractivity contribution in [3.05, 3.63) is 23.5 Å². The van der Waals surface area contributed by atoms with E-state index in [0.717, 1.165) is 0 Å². The molecule has 1 rings (SSSR count). The monoisotopic (exact) mass is 564 g/mol. The molecule has 0 aliphatic rings. The fourth-order valence-electron chi connectivity index (χ4n) is 1.50. The summed E-state index contributed by atoms with van der Waals surface area (Å²) in [5.41, 5.74) is 0.691. The first-order chi connectivity index (χ1) is 10.3. The van der Waals surface area contributed by atoms with Crippen LogP contribution in [0.4, 0.5) is 0 Å². The Bertz CT molecular complexity index is 559. The molecule has 0 N–H and O–H groups in total. The molecule has 0 aliphatic heterocycles. The number of rotatable bonds is 6. The predicted molar refractivity (Wildman–Crippen MR) is 94.8 cm³/mol. The van der Waals surface area contributed by atoms with E-state index in [4.69, 9.17) is 14.2 Å². The molecule has 5 nitrogen and oxygen atoms in total. The Morgan fingerprint density at radius 1 is 0.909 bits per heavy atom. The van der Waals surface area contributed by atoms with E-state index in [1.807, 2.05) is 0 Å². The summed E-state index contributed by atoms with van der Waals surface area (Å²) in [7, 11) is 1.54. The number of hydrogen-bond donors (Lipinski definition) is 0. The van der Waals surface area contributed by atoms with Gasteiger partial charge in [0.2, 0.25) is 0 Å². The van der Waals surface area contributed by atoms with Gasteiger partial charge in [0.15, 0.2) is 0 Å². The lowest BCUT2D eigenvalue weighted by molar-refractivity contribution is -0.155. The van der Waals surface area contributed by atoms with Crippen LogP contribution < -0.4 is 4.74 Å². The number of benzene rings is 1. The largest absolute Gasteiger partial charge is 0.494 e. The van der Waals surface area contributed by atoms with E-state index in [0.29, 0.717) is 29.2 Å². The van der Waals surface area contributed by atoms with Gasteiger partial charge in [-0.05, 0) is 70.6 Å². The van der Waals surface area contributed by atoms with E-state index in [-0.39, 0.29) is 13.2 Å². The van der Waals surface area contributed by atoms with Crippen LogP contribution in [0.15, 0.2) is 17.9 Å². The lowest BCUT2D eigenvalue weighted by Gasteiger charge is -2.15. The smallest absolute Gasteiger partial charge is 0.317 e. The summed E-state index contributed by atoms with van der Waals surface area (Å²) in [5, 5.41) is 0. The Labute approximate surface area is 161 Å². The van der Waals surface area contributed by atoms with Gasteiger partial charge in [0.1, 0.15) is 18.8 Å². The van der Waals surface area contributed by atoms with E-state index >= 15 is 0 Å². The van der Waals surface area contributed by atoms with Crippen LogP contribution >= 0.6 is 63.7 Å². The zero-order chi connectivity index (χ0) is 16.9. The van der Waals surface area contributed by atoms with Crippen molar-refractivity contribution in [1.82, 2.24) is 0 Å². The van der Waals surface area contributed by atoms with E-state index in [1.54, 1.807) is 14.0 Å². The minimum Gasteiger partial charge on any atom is -0.494 e. The van der Waals surface area contributed by atoms with Gasteiger partial charge in [0, 0.05) is 14.5 Å². The highest BCUT2D eigenvalue weighted by molar-refractivity contribution is 9.14. The molecular formula is C13H12Br4O5. The van der Waals surface area contributed by atoms with Crippen LogP contribution in [0, 0.1) is 0 Å². The SMILES string of the molecule is CCOC(=O)CC(=O)OCc1c(Br)c(Br)c(OC)c(Br)c1Br. The van der Waals surface area contributed by atoms with Gasteiger partial charge in [-0.15, -0.1) is 0 Å². The fraction of sp³-hybridized carbons (Fsp3) is 0.385. The molecule has 0 amide bonds. The third-order valence-electron chi connectivity index (χ3n) is 2.49. The zero-order valence-corrected chi connectivity index (χ0v) is 18.0. The van der Waals surface area contributed by atoms with Crippen molar-refractivity contribution < 1.29 is 23.8 Å². The summed E-state index contributed by atoms with van der Waals surface area (Å²) in [6.07, 6.45) is -0.415. The Hall–Kier alpha value is -0.120. The molecule has 0 saturated carbocycles. The average molecular weight is 568 g/mol. The minimum atomic E-state index is -0.652. The number of carbonyl (C=O) groups excluding carboxylic acids is 2. The maximum atomic E-state index is 11.6. The van der Waals surface area contributed by atoms with Gasteiger partial charge in [0.25, 0.3) is 0 Å². The number of hydrogen-bond acceptors (Lipinski definition) is 5. The average Bonchev–Trinajstić information content (AvgIpc) is 2.46. The van der Waals surface area contributed by atoms with Gasteiger partial charge in [0.05, 0.1) is 22.7 Å². The highest BCUT2D eigenvalue weighted by Crippen LogP contribution is 2.46. The van der Waals surface area contributed by atoms with Crippen LogP contribution in [-0.2, 0) is 25.7 Å². The molecular weight excluding hydrogens is 556 g/mol. The van der Waals surface area contributed by atoms with Crippen LogP contribution in [0.25, 0.3) is 0 Å². The molecule has 1 aromatic carbocycles. The van der Waals surface area contributed by atoms with E-state index in [9.17, 15) is 9.59 Å². The predicted octanol–water partition coefficient (Wildman–Crippen LogP) is 4.74. The first-order valence-corrected chi connectivity index (χ1v) is 9.20. The summed E-state index contributed by atoms with van der Waals surface area (Å²) in [4.78, 5) is 22.8. The molecule has 0 heterocycles. The van der Waals surface area contributed by atoms with Gasteiger partial charge in [-0.25, -0.2) is 0 Å². The number of esters is 2. The van der Waals surface area contributed by atoms with Crippen molar-refractivity contribution in [2.75, 3.05) is 13.7 Å². The van der Waals surface area contributed by atoms with Crippen LogP contribution in [0.3, 0.4) is 0 Å². The second-order valence-electron chi connectivity index (χ2n) is 3.91. The Morgan fingerprint density at radius 3 is 1.86 bits per heavy atom. The van der Waals surface area contributed by atoms with Crippen molar-refractivity contribution >= 4 is 75.7 Å². The Morgan fingerprint density at radius 2 is 1.41 bits per heavy atom. The maximum absolute atomic E-state index is 11.6. The second-order valence-corrected chi connectivity index (χ2v) is 7.08. The van der Waals surface area contributed by atoms with Crippen molar-refractivity contribution in [3.63, 3.8) is 0 Å². The number of carbonyl (C=O) groups is 2. The van der Waals surface area contributed by atoms with Gasteiger partial charge in [-0.1, -0.05) is 0 Å². The molecule has 0 aromatic heterocycles. The normalized spacial score (nSPS) is 10.3. The highest BCUT2D eigenvalue weighted by Gasteiger charge is 2.21. The van der Waals surface area contributed by atoms with Crippen LogP contribution in [0.5, 0.6) is 5.75 Å². The summed E-state index contributed by atoms with van der Waals surface area (Å²) in [6.45, 7) is 1.88. The molecule has 22 heavy (non-hydrogen) atoms. The molecule has 0 aliphatic carbocycles. The molecule has 0 bridgehead atoms. The number of halogens is 4. The quantitative estimate of drug-likeness (QED) is 0.282. The number of ether oxygens (including phenoxy) is 3. The third kappa shape index (κ3) is 4.94. The van der Waals surface area contributed by atoms with E-state index in [2.05, 4.69) is 63.7 Å². The third-order valence-corrected chi connectivity index (χ3v) is 6.82. The van der Waals surface area contributed by atoms with Crippen molar-refractivity contribution in [1.29, 1.82) is 0 Å². The van der Waals surface area contributed by atoms with Gasteiger partial charge in [-0.2, -0.15) is 0 Å². The summed E-state index contributed by atoms with van der Waals surface area (Å²) >= 11 is 13.7.